The number of benzene rings is 2. The highest BCUT2D eigenvalue weighted by Crippen LogP contribution is 2.28. The molecule has 0 unspecified atom stereocenters. The van der Waals surface area contributed by atoms with Crippen molar-refractivity contribution in [1.82, 2.24) is 9.29 Å². The van der Waals surface area contributed by atoms with E-state index in [2.05, 4.69) is 6.07 Å². The SMILES string of the molecule is Cc1ccc2cc(C#N)c(N3CCCN(S(=O)(=O)c4ccccc4F)CC3)nc2c1C. The Morgan fingerprint density at radius 1 is 1.06 bits per heavy atom. The highest BCUT2D eigenvalue weighted by atomic mass is 32.2. The molecule has 1 fully saturated rings. The van der Waals surface area contributed by atoms with Crippen LogP contribution in [0.5, 0.6) is 0 Å². The summed E-state index contributed by atoms with van der Waals surface area (Å²) in [5.74, 6) is -0.189. The number of nitriles is 1. The quantitative estimate of drug-likeness (QED) is 0.622. The second-order valence-corrected chi connectivity index (χ2v) is 9.63. The topological polar surface area (TPSA) is 77.3 Å². The minimum absolute atomic E-state index is 0.189. The second kappa shape index (κ2) is 8.25. The molecular formula is C23H23FN4O2S. The first-order chi connectivity index (χ1) is 14.8. The molecule has 0 amide bonds. The van der Waals surface area contributed by atoms with E-state index in [-0.39, 0.29) is 18.0 Å². The van der Waals surface area contributed by atoms with Crippen molar-refractivity contribution in [3.05, 3.63) is 65.0 Å². The predicted octanol–water partition coefficient (Wildman–Crippen LogP) is 3.76. The van der Waals surface area contributed by atoms with Gasteiger partial charge in [-0.25, -0.2) is 17.8 Å². The summed E-state index contributed by atoms with van der Waals surface area (Å²) in [4.78, 5) is 6.45. The first-order valence-corrected chi connectivity index (χ1v) is 11.6. The van der Waals surface area contributed by atoms with Crippen molar-refractivity contribution < 1.29 is 12.8 Å². The van der Waals surface area contributed by atoms with Gasteiger partial charge in [-0.15, -0.1) is 0 Å². The number of pyridine rings is 1. The molecule has 0 N–H and O–H groups in total. The van der Waals surface area contributed by atoms with Gasteiger partial charge in [0.25, 0.3) is 0 Å². The molecule has 1 aliphatic rings. The van der Waals surface area contributed by atoms with Gasteiger partial charge in [-0.3, -0.25) is 0 Å². The molecule has 160 valence electrons. The van der Waals surface area contributed by atoms with Crippen LogP contribution in [-0.4, -0.2) is 43.9 Å². The summed E-state index contributed by atoms with van der Waals surface area (Å²) in [6.07, 6.45) is 0.547. The number of hydrogen-bond acceptors (Lipinski definition) is 5. The fourth-order valence-electron chi connectivity index (χ4n) is 3.94. The standard InChI is InChI=1S/C23H23FN4O2S/c1-16-8-9-18-14-19(15-25)23(26-22(18)17(16)2)27-10-5-11-28(13-12-27)31(29,30)21-7-4-3-6-20(21)24/h3-4,6-9,14H,5,10-13H2,1-2H3. The zero-order chi connectivity index (χ0) is 22.2. The fourth-order valence-corrected chi connectivity index (χ4v) is 5.47. The maximum atomic E-state index is 14.1. The number of hydrogen-bond donors (Lipinski definition) is 0. The van der Waals surface area contributed by atoms with Gasteiger partial charge in [0.15, 0.2) is 0 Å². The van der Waals surface area contributed by atoms with E-state index in [1.165, 1.54) is 22.5 Å². The Hall–Kier alpha value is -3.02. The lowest BCUT2D eigenvalue weighted by Crippen LogP contribution is -2.36. The van der Waals surface area contributed by atoms with Crippen molar-refractivity contribution >= 4 is 26.7 Å². The average Bonchev–Trinajstić information content (AvgIpc) is 3.02. The van der Waals surface area contributed by atoms with E-state index < -0.39 is 15.8 Å². The van der Waals surface area contributed by atoms with Gasteiger partial charge in [0, 0.05) is 31.6 Å². The number of halogens is 1. The Bertz CT molecular complexity index is 1300. The zero-order valence-electron chi connectivity index (χ0n) is 17.5. The van der Waals surface area contributed by atoms with Crippen LogP contribution < -0.4 is 4.90 Å². The van der Waals surface area contributed by atoms with Gasteiger partial charge in [0.1, 0.15) is 22.6 Å². The van der Waals surface area contributed by atoms with Gasteiger partial charge in [0.2, 0.25) is 10.0 Å². The van der Waals surface area contributed by atoms with Crippen LogP contribution in [0.25, 0.3) is 10.9 Å². The second-order valence-electron chi connectivity index (χ2n) is 7.73. The third kappa shape index (κ3) is 3.87. The maximum Gasteiger partial charge on any atom is 0.246 e. The van der Waals surface area contributed by atoms with E-state index in [0.29, 0.717) is 30.9 Å². The van der Waals surface area contributed by atoms with E-state index in [4.69, 9.17) is 4.98 Å². The lowest BCUT2D eigenvalue weighted by Gasteiger charge is -2.24. The van der Waals surface area contributed by atoms with Crippen LogP contribution in [0.2, 0.25) is 0 Å². The Morgan fingerprint density at radius 2 is 1.84 bits per heavy atom. The van der Waals surface area contributed by atoms with Crippen molar-refractivity contribution in [3.63, 3.8) is 0 Å². The third-order valence-electron chi connectivity index (χ3n) is 5.82. The van der Waals surface area contributed by atoms with Gasteiger partial charge in [-0.2, -0.15) is 9.57 Å². The summed E-state index contributed by atoms with van der Waals surface area (Å²) in [7, 11) is -3.94. The molecule has 8 heteroatoms. The third-order valence-corrected chi connectivity index (χ3v) is 7.75. The summed E-state index contributed by atoms with van der Waals surface area (Å²) in [5, 5.41) is 10.6. The van der Waals surface area contributed by atoms with Crippen molar-refractivity contribution in [2.24, 2.45) is 0 Å². The molecule has 4 rings (SSSR count). The molecule has 31 heavy (non-hydrogen) atoms. The number of aryl methyl sites for hydroxylation is 2. The van der Waals surface area contributed by atoms with Crippen LogP contribution in [0, 0.1) is 31.0 Å². The molecule has 1 saturated heterocycles. The summed E-state index contributed by atoms with van der Waals surface area (Å²) in [5.41, 5.74) is 3.48. The average molecular weight is 439 g/mol. The molecule has 2 heterocycles. The van der Waals surface area contributed by atoms with Crippen molar-refractivity contribution in [2.45, 2.75) is 25.2 Å². The van der Waals surface area contributed by atoms with Crippen molar-refractivity contribution in [2.75, 3.05) is 31.1 Å². The lowest BCUT2D eigenvalue weighted by molar-refractivity contribution is 0.428. The van der Waals surface area contributed by atoms with Gasteiger partial charge in [0.05, 0.1) is 11.1 Å². The molecule has 2 aromatic carbocycles. The van der Waals surface area contributed by atoms with Gasteiger partial charge < -0.3 is 4.90 Å². The summed E-state index contributed by atoms with van der Waals surface area (Å²) >= 11 is 0. The molecule has 6 nitrogen and oxygen atoms in total. The lowest BCUT2D eigenvalue weighted by atomic mass is 10.0. The van der Waals surface area contributed by atoms with Crippen LogP contribution in [0.15, 0.2) is 47.4 Å². The number of aromatic nitrogens is 1. The normalized spacial score (nSPS) is 15.6. The maximum absolute atomic E-state index is 14.1. The number of sulfonamides is 1. The van der Waals surface area contributed by atoms with Crippen LogP contribution >= 0.6 is 0 Å². The monoisotopic (exact) mass is 438 g/mol. The van der Waals surface area contributed by atoms with Crippen LogP contribution in [0.1, 0.15) is 23.1 Å². The first kappa shape index (κ1) is 21.2. The van der Waals surface area contributed by atoms with Crippen LogP contribution in [0.3, 0.4) is 0 Å². The van der Waals surface area contributed by atoms with Gasteiger partial charge >= 0.3 is 0 Å². The molecule has 0 radical (unpaired) electrons. The van der Waals surface area contributed by atoms with E-state index in [0.717, 1.165) is 28.1 Å². The summed E-state index contributed by atoms with van der Waals surface area (Å²) in [6.45, 7) is 5.42. The molecule has 0 atom stereocenters. The smallest absolute Gasteiger partial charge is 0.246 e. The number of anilines is 1. The van der Waals surface area contributed by atoms with Crippen molar-refractivity contribution in [3.8, 4) is 6.07 Å². The molecule has 1 aliphatic heterocycles. The highest BCUT2D eigenvalue weighted by molar-refractivity contribution is 7.89. The Morgan fingerprint density at radius 3 is 2.58 bits per heavy atom. The number of nitrogens with zero attached hydrogens (tertiary/aromatic N) is 4. The molecule has 0 bridgehead atoms. The van der Waals surface area contributed by atoms with Gasteiger partial charge in [-0.05, 0) is 49.6 Å². The molecule has 3 aromatic rings. The summed E-state index contributed by atoms with van der Waals surface area (Å²) in [6, 6.07) is 13.5. The molecule has 0 aliphatic carbocycles. The molecular weight excluding hydrogens is 415 g/mol. The van der Waals surface area contributed by atoms with E-state index >= 15 is 0 Å². The Balaban J connectivity index is 1.66. The number of fused-ring (bicyclic) bond motifs is 1. The Kier molecular flexibility index (Phi) is 5.65. The van der Waals surface area contributed by atoms with Crippen LogP contribution in [-0.2, 0) is 10.0 Å². The largest absolute Gasteiger partial charge is 0.354 e. The highest BCUT2D eigenvalue weighted by Gasteiger charge is 2.30. The summed E-state index contributed by atoms with van der Waals surface area (Å²) < 4.78 is 41.4. The molecule has 0 spiro atoms. The Labute approximate surface area is 181 Å². The van der Waals surface area contributed by atoms with Gasteiger partial charge in [-0.1, -0.05) is 24.3 Å². The number of rotatable bonds is 3. The fraction of sp³-hybridized carbons (Fsp3) is 0.304. The predicted molar refractivity (Wildman–Crippen MR) is 118 cm³/mol. The van der Waals surface area contributed by atoms with E-state index in [1.54, 1.807) is 0 Å². The van der Waals surface area contributed by atoms with Crippen LogP contribution in [0.4, 0.5) is 10.2 Å². The minimum atomic E-state index is -3.94. The van der Waals surface area contributed by atoms with Crippen molar-refractivity contribution in [1.29, 1.82) is 5.26 Å². The van der Waals surface area contributed by atoms with E-state index in [1.807, 2.05) is 36.9 Å². The minimum Gasteiger partial charge on any atom is -0.354 e. The first-order valence-electron chi connectivity index (χ1n) is 10.1. The van der Waals surface area contributed by atoms with E-state index in [9.17, 15) is 18.1 Å². The zero-order valence-corrected chi connectivity index (χ0v) is 18.3. The molecule has 1 aromatic heterocycles. The molecule has 0 saturated carbocycles.